The number of amides is 1. The standard InChI is InChI=1S/C15H17N3O/c1-2-11-6-8-12(9-7-11)10-17-15(19)13-4-3-5-14(16)18-13/h3-9H,2,10H2,1H3,(H2,16,18)(H,17,19). The molecule has 0 bridgehead atoms. The Morgan fingerprint density at radius 3 is 2.47 bits per heavy atom. The molecule has 0 aliphatic rings. The third-order valence-corrected chi connectivity index (χ3v) is 2.89. The van der Waals surface area contributed by atoms with Crippen LogP contribution in [0.2, 0.25) is 0 Å². The van der Waals surface area contributed by atoms with Crippen LogP contribution in [0.25, 0.3) is 0 Å². The van der Waals surface area contributed by atoms with Gasteiger partial charge in [0, 0.05) is 6.54 Å². The van der Waals surface area contributed by atoms with Crippen LogP contribution in [-0.2, 0) is 13.0 Å². The van der Waals surface area contributed by atoms with E-state index in [0.29, 0.717) is 18.1 Å². The molecule has 2 aromatic rings. The molecule has 4 nitrogen and oxygen atoms in total. The van der Waals surface area contributed by atoms with Gasteiger partial charge in [0.05, 0.1) is 0 Å². The quantitative estimate of drug-likeness (QED) is 0.879. The number of carbonyl (C=O) groups excluding carboxylic acids is 1. The Balaban J connectivity index is 1.96. The predicted octanol–water partition coefficient (Wildman–Crippen LogP) is 2.16. The molecule has 1 amide bonds. The number of nitrogens with one attached hydrogen (secondary N) is 1. The van der Waals surface area contributed by atoms with Crippen LogP contribution in [0.3, 0.4) is 0 Å². The Hall–Kier alpha value is -2.36. The number of nitrogens with two attached hydrogens (primary N) is 1. The molecular formula is C15H17N3O. The molecule has 0 atom stereocenters. The van der Waals surface area contributed by atoms with Crippen LogP contribution in [0.4, 0.5) is 5.82 Å². The minimum Gasteiger partial charge on any atom is -0.384 e. The Morgan fingerprint density at radius 2 is 1.84 bits per heavy atom. The van der Waals surface area contributed by atoms with E-state index in [4.69, 9.17) is 5.73 Å². The summed E-state index contributed by atoms with van der Waals surface area (Å²) >= 11 is 0. The van der Waals surface area contributed by atoms with E-state index in [1.165, 1.54) is 5.56 Å². The highest BCUT2D eigenvalue weighted by Crippen LogP contribution is 2.05. The van der Waals surface area contributed by atoms with E-state index in [9.17, 15) is 4.79 Å². The highest BCUT2D eigenvalue weighted by molar-refractivity contribution is 5.92. The van der Waals surface area contributed by atoms with E-state index in [2.05, 4.69) is 29.4 Å². The van der Waals surface area contributed by atoms with Crippen molar-refractivity contribution in [2.75, 3.05) is 5.73 Å². The number of hydrogen-bond donors (Lipinski definition) is 2. The number of aromatic nitrogens is 1. The van der Waals surface area contributed by atoms with Gasteiger partial charge in [0.2, 0.25) is 0 Å². The molecule has 4 heteroatoms. The highest BCUT2D eigenvalue weighted by atomic mass is 16.1. The van der Waals surface area contributed by atoms with Crippen LogP contribution in [0.15, 0.2) is 42.5 Å². The molecule has 1 heterocycles. The molecule has 98 valence electrons. The van der Waals surface area contributed by atoms with Gasteiger partial charge < -0.3 is 11.1 Å². The number of nitrogens with zero attached hydrogens (tertiary/aromatic N) is 1. The monoisotopic (exact) mass is 255 g/mol. The zero-order valence-corrected chi connectivity index (χ0v) is 10.9. The van der Waals surface area contributed by atoms with Gasteiger partial charge >= 0.3 is 0 Å². The van der Waals surface area contributed by atoms with Gasteiger partial charge in [-0.1, -0.05) is 37.3 Å². The molecule has 1 aromatic carbocycles. The molecule has 0 aliphatic carbocycles. The number of pyridine rings is 1. The molecule has 0 fully saturated rings. The molecule has 0 spiro atoms. The summed E-state index contributed by atoms with van der Waals surface area (Å²) in [6.45, 7) is 2.60. The summed E-state index contributed by atoms with van der Waals surface area (Å²) in [4.78, 5) is 15.8. The van der Waals surface area contributed by atoms with E-state index in [0.717, 1.165) is 12.0 Å². The van der Waals surface area contributed by atoms with Crippen molar-refractivity contribution in [2.45, 2.75) is 19.9 Å². The van der Waals surface area contributed by atoms with Gasteiger partial charge in [-0.2, -0.15) is 0 Å². The van der Waals surface area contributed by atoms with Crippen LogP contribution in [0.1, 0.15) is 28.5 Å². The topological polar surface area (TPSA) is 68.0 Å². The first-order valence-corrected chi connectivity index (χ1v) is 6.27. The van der Waals surface area contributed by atoms with Crippen molar-refractivity contribution in [3.63, 3.8) is 0 Å². The van der Waals surface area contributed by atoms with E-state index < -0.39 is 0 Å². The van der Waals surface area contributed by atoms with Crippen molar-refractivity contribution in [2.24, 2.45) is 0 Å². The van der Waals surface area contributed by atoms with Gasteiger partial charge in [-0.3, -0.25) is 4.79 Å². The minimum atomic E-state index is -0.216. The Morgan fingerprint density at radius 1 is 1.16 bits per heavy atom. The summed E-state index contributed by atoms with van der Waals surface area (Å²) in [5.41, 5.74) is 8.23. The second-order valence-electron chi connectivity index (χ2n) is 4.30. The minimum absolute atomic E-state index is 0.216. The lowest BCUT2D eigenvalue weighted by Crippen LogP contribution is -2.24. The second kappa shape index (κ2) is 6.00. The Bertz CT molecular complexity index is 564. The van der Waals surface area contributed by atoms with Gasteiger partial charge in [0.25, 0.3) is 5.91 Å². The maximum Gasteiger partial charge on any atom is 0.270 e. The van der Waals surface area contributed by atoms with Crippen LogP contribution in [0, 0.1) is 0 Å². The largest absolute Gasteiger partial charge is 0.384 e. The first kappa shape index (κ1) is 13.1. The maximum atomic E-state index is 11.9. The average Bonchev–Trinajstić information content (AvgIpc) is 2.45. The van der Waals surface area contributed by atoms with E-state index in [1.54, 1.807) is 18.2 Å². The normalized spacial score (nSPS) is 10.2. The third-order valence-electron chi connectivity index (χ3n) is 2.89. The SMILES string of the molecule is CCc1ccc(CNC(=O)c2cccc(N)n2)cc1. The summed E-state index contributed by atoms with van der Waals surface area (Å²) in [6, 6.07) is 13.2. The first-order valence-electron chi connectivity index (χ1n) is 6.27. The molecule has 2 rings (SSSR count). The first-order chi connectivity index (χ1) is 9.19. The molecule has 0 saturated carbocycles. The van der Waals surface area contributed by atoms with Gasteiger partial charge in [-0.25, -0.2) is 4.98 Å². The lowest BCUT2D eigenvalue weighted by atomic mass is 10.1. The van der Waals surface area contributed by atoms with Gasteiger partial charge in [-0.05, 0) is 29.7 Å². The van der Waals surface area contributed by atoms with Crippen molar-refractivity contribution >= 4 is 11.7 Å². The molecule has 1 aromatic heterocycles. The van der Waals surface area contributed by atoms with Gasteiger partial charge in [0.1, 0.15) is 11.5 Å². The second-order valence-corrected chi connectivity index (χ2v) is 4.30. The summed E-state index contributed by atoms with van der Waals surface area (Å²) < 4.78 is 0. The summed E-state index contributed by atoms with van der Waals surface area (Å²) in [7, 11) is 0. The van der Waals surface area contributed by atoms with Crippen LogP contribution >= 0.6 is 0 Å². The number of benzene rings is 1. The highest BCUT2D eigenvalue weighted by Gasteiger charge is 2.06. The predicted molar refractivity (Wildman–Crippen MR) is 75.6 cm³/mol. The van der Waals surface area contributed by atoms with Crippen LogP contribution < -0.4 is 11.1 Å². The Labute approximate surface area is 112 Å². The lowest BCUT2D eigenvalue weighted by molar-refractivity contribution is 0.0946. The summed E-state index contributed by atoms with van der Waals surface area (Å²) in [5.74, 6) is 0.131. The fraction of sp³-hybridized carbons (Fsp3) is 0.200. The maximum absolute atomic E-state index is 11.9. The number of rotatable bonds is 4. The van der Waals surface area contributed by atoms with E-state index in [1.807, 2.05) is 12.1 Å². The molecule has 19 heavy (non-hydrogen) atoms. The van der Waals surface area contributed by atoms with E-state index >= 15 is 0 Å². The summed E-state index contributed by atoms with van der Waals surface area (Å²) in [5, 5.41) is 2.82. The lowest BCUT2D eigenvalue weighted by Gasteiger charge is -2.06. The van der Waals surface area contributed by atoms with Crippen molar-refractivity contribution in [3.05, 3.63) is 59.3 Å². The molecular weight excluding hydrogens is 238 g/mol. The average molecular weight is 255 g/mol. The molecule has 0 aliphatic heterocycles. The van der Waals surface area contributed by atoms with Crippen LogP contribution in [-0.4, -0.2) is 10.9 Å². The van der Waals surface area contributed by atoms with Gasteiger partial charge in [0.15, 0.2) is 0 Å². The van der Waals surface area contributed by atoms with E-state index in [-0.39, 0.29) is 5.91 Å². The number of carbonyl (C=O) groups is 1. The molecule has 0 saturated heterocycles. The van der Waals surface area contributed by atoms with Gasteiger partial charge in [-0.15, -0.1) is 0 Å². The smallest absolute Gasteiger partial charge is 0.270 e. The number of hydrogen-bond acceptors (Lipinski definition) is 3. The van der Waals surface area contributed by atoms with Crippen LogP contribution in [0.5, 0.6) is 0 Å². The van der Waals surface area contributed by atoms with Crippen molar-refractivity contribution in [3.8, 4) is 0 Å². The number of nitrogen functional groups attached to an aromatic ring is 1. The molecule has 3 N–H and O–H groups in total. The fourth-order valence-corrected chi connectivity index (χ4v) is 1.74. The Kier molecular flexibility index (Phi) is 4.13. The zero-order valence-electron chi connectivity index (χ0n) is 10.9. The number of anilines is 1. The zero-order chi connectivity index (χ0) is 13.7. The molecule has 0 unspecified atom stereocenters. The number of aryl methyl sites for hydroxylation is 1. The van der Waals surface area contributed by atoms with Crippen molar-refractivity contribution in [1.82, 2.24) is 10.3 Å². The van der Waals surface area contributed by atoms with Crippen molar-refractivity contribution in [1.29, 1.82) is 0 Å². The third kappa shape index (κ3) is 3.55. The van der Waals surface area contributed by atoms with Crippen molar-refractivity contribution < 1.29 is 4.79 Å². The summed E-state index contributed by atoms with van der Waals surface area (Å²) in [6.07, 6.45) is 1.01. The molecule has 0 radical (unpaired) electrons. The fourth-order valence-electron chi connectivity index (χ4n) is 1.74.